The molecular formula is C12H13BrN2O. The number of rotatable bonds is 4. The predicted molar refractivity (Wildman–Crippen MR) is 65.9 cm³/mol. The second-order valence-electron chi connectivity index (χ2n) is 3.40. The van der Waals surface area contributed by atoms with Crippen LogP contribution >= 0.6 is 15.9 Å². The first-order chi connectivity index (χ1) is 7.69. The number of amides is 1. The topological polar surface area (TPSA) is 44.1 Å². The molecule has 1 aromatic rings. The van der Waals surface area contributed by atoms with E-state index in [1.165, 1.54) is 0 Å². The van der Waals surface area contributed by atoms with E-state index in [4.69, 9.17) is 5.26 Å². The number of nitriles is 1. The molecule has 0 aliphatic heterocycles. The molecular weight excluding hydrogens is 268 g/mol. The minimum atomic E-state index is -0.0929. The third-order valence-corrected chi connectivity index (χ3v) is 2.61. The zero-order valence-corrected chi connectivity index (χ0v) is 10.7. The molecule has 0 radical (unpaired) electrons. The van der Waals surface area contributed by atoms with Crippen LogP contribution in [0.15, 0.2) is 28.7 Å². The van der Waals surface area contributed by atoms with Crippen molar-refractivity contribution < 1.29 is 4.79 Å². The summed E-state index contributed by atoms with van der Waals surface area (Å²) in [4.78, 5) is 13.6. The highest BCUT2D eigenvalue weighted by atomic mass is 79.9. The van der Waals surface area contributed by atoms with Crippen LogP contribution in [0.2, 0.25) is 0 Å². The maximum absolute atomic E-state index is 12.0. The van der Waals surface area contributed by atoms with Gasteiger partial charge in [-0.1, -0.05) is 28.9 Å². The molecule has 16 heavy (non-hydrogen) atoms. The van der Waals surface area contributed by atoms with Gasteiger partial charge in [-0.15, -0.1) is 0 Å². The summed E-state index contributed by atoms with van der Waals surface area (Å²) < 4.78 is 0.867. The number of hydrogen-bond donors (Lipinski definition) is 0. The van der Waals surface area contributed by atoms with E-state index in [-0.39, 0.29) is 12.5 Å². The van der Waals surface area contributed by atoms with Gasteiger partial charge in [-0.05, 0) is 24.6 Å². The lowest BCUT2D eigenvalue weighted by molar-refractivity contribution is 0.0776. The minimum absolute atomic E-state index is 0.0929. The van der Waals surface area contributed by atoms with Crippen LogP contribution in [-0.4, -0.2) is 23.9 Å². The smallest absolute Gasteiger partial charge is 0.254 e. The summed E-state index contributed by atoms with van der Waals surface area (Å²) in [6, 6.07) is 9.21. The monoisotopic (exact) mass is 280 g/mol. The molecule has 0 aromatic heterocycles. The third kappa shape index (κ3) is 3.35. The first-order valence-corrected chi connectivity index (χ1v) is 5.90. The number of carbonyl (C=O) groups excluding carboxylic acids is 1. The maximum atomic E-state index is 12.0. The lowest BCUT2D eigenvalue weighted by atomic mass is 10.2. The van der Waals surface area contributed by atoms with E-state index in [0.717, 1.165) is 10.9 Å². The van der Waals surface area contributed by atoms with E-state index >= 15 is 0 Å². The molecule has 0 atom stereocenters. The molecule has 0 aliphatic carbocycles. The van der Waals surface area contributed by atoms with Crippen LogP contribution in [0.4, 0.5) is 0 Å². The fourth-order valence-corrected chi connectivity index (χ4v) is 1.81. The Balaban J connectivity index is 2.86. The van der Waals surface area contributed by atoms with Crippen molar-refractivity contribution in [2.45, 2.75) is 13.3 Å². The third-order valence-electron chi connectivity index (χ3n) is 2.11. The Morgan fingerprint density at radius 1 is 1.56 bits per heavy atom. The van der Waals surface area contributed by atoms with E-state index in [1.54, 1.807) is 17.0 Å². The molecule has 0 saturated carbocycles. The van der Waals surface area contributed by atoms with Gasteiger partial charge in [-0.2, -0.15) is 5.26 Å². The van der Waals surface area contributed by atoms with Crippen molar-refractivity contribution in [3.63, 3.8) is 0 Å². The average Bonchev–Trinajstić information content (AvgIpc) is 2.28. The zero-order valence-electron chi connectivity index (χ0n) is 9.11. The predicted octanol–water partition coefficient (Wildman–Crippen LogP) is 2.82. The quantitative estimate of drug-likeness (QED) is 0.796. The van der Waals surface area contributed by atoms with Crippen LogP contribution in [0.25, 0.3) is 0 Å². The minimum Gasteiger partial charge on any atom is -0.325 e. The fourth-order valence-electron chi connectivity index (χ4n) is 1.41. The van der Waals surface area contributed by atoms with Crippen LogP contribution in [-0.2, 0) is 0 Å². The van der Waals surface area contributed by atoms with Gasteiger partial charge in [0.2, 0.25) is 0 Å². The molecule has 0 fully saturated rings. The summed E-state index contributed by atoms with van der Waals surface area (Å²) in [6.07, 6.45) is 0.849. The molecule has 1 rings (SSSR count). The van der Waals surface area contributed by atoms with Crippen LogP contribution in [0, 0.1) is 11.3 Å². The Labute approximate surface area is 104 Å². The summed E-state index contributed by atoms with van der Waals surface area (Å²) in [6.45, 7) is 2.73. The van der Waals surface area contributed by atoms with Crippen LogP contribution in [0.1, 0.15) is 23.7 Å². The number of nitrogens with zero attached hydrogens (tertiary/aromatic N) is 2. The van der Waals surface area contributed by atoms with E-state index in [9.17, 15) is 4.79 Å². The molecule has 0 N–H and O–H groups in total. The molecule has 0 saturated heterocycles. The second kappa shape index (κ2) is 6.29. The first-order valence-electron chi connectivity index (χ1n) is 5.10. The Morgan fingerprint density at radius 2 is 2.31 bits per heavy atom. The van der Waals surface area contributed by atoms with Crippen molar-refractivity contribution in [1.82, 2.24) is 4.90 Å². The highest BCUT2D eigenvalue weighted by Crippen LogP contribution is 2.13. The first kappa shape index (κ1) is 12.7. The summed E-state index contributed by atoms with van der Waals surface area (Å²) in [5, 5.41) is 8.66. The highest BCUT2D eigenvalue weighted by Gasteiger charge is 2.14. The van der Waals surface area contributed by atoms with Crippen molar-refractivity contribution in [3.05, 3.63) is 34.3 Å². The largest absolute Gasteiger partial charge is 0.325 e. The van der Waals surface area contributed by atoms with Gasteiger partial charge in [0, 0.05) is 16.6 Å². The van der Waals surface area contributed by atoms with Crippen LogP contribution in [0.5, 0.6) is 0 Å². The normalized spacial score (nSPS) is 9.56. The molecule has 0 heterocycles. The van der Waals surface area contributed by atoms with Gasteiger partial charge in [-0.25, -0.2) is 0 Å². The lowest BCUT2D eigenvalue weighted by Crippen LogP contribution is -2.32. The summed E-state index contributed by atoms with van der Waals surface area (Å²) in [7, 11) is 0. The van der Waals surface area contributed by atoms with Crippen molar-refractivity contribution in [1.29, 1.82) is 5.26 Å². The van der Waals surface area contributed by atoms with Crippen molar-refractivity contribution in [3.8, 4) is 6.07 Å². The maximum Gasteiger partial charge on any atom is 0.254 e. The summed E-state index contributed by atoms with van der Waals surface area (Å²) in [5.74, 6) is -0.0929. The molecule has 4 heteroatoms. The van der Waals surface area contributed by atoms with E-state index < -0.39 is 0 Å². The van der Waals surface area contributed by atoms with Gasteiger partial charge in [0.1, 0.15) is 6.54 Å². The molecule has 0 unspecified atom stereocenters. The Hall–Kier alpha value is -1.34. The Morgan fingerprint density at radius 3 is 2.88 bits per heavy atom. The van der Waals surface area contributed by atoms with Crippen LogP contribution < -0.4 is 0 Å². The SMILES string of the molecule is CCCN(CC#N)C(=O)c1cccc(Br)c1. The second-order valence-corrected chi connectivity index (χ2v) is 4.31. The highest BCUT2D eigenvalue weighted by molar-refractivity contribution is 9.10. The number of hydrogen-bond acceptors (Lipinski definition) is 2. The van der Waals surface area contributed by atoms with Gasteiger partial charge < -0.3 is 4.90 Å². The number of carbonyl (C=O) groups is 1. The zero-order chi connectivity index (χ0) is 12.0. The molecule has 1 aromatic carbocycles. The standard InChI is InChI=1S/C12H13BrN2O/c1-2-7-15(8-6-14)12(16)10-4-3-5-11(13)9-10/h3-5,9H,2,7-8H2,1H3. The summed E-state index contributed by atoms with van der Waals surface area (Å²) >= 11 is 3.32. The molecule has 84 valence electrons. The van der Waals surface area contributed by atoms with Crippen molar-refractivity contribution in [2.24, 2.45) is 0 Å². The Bertz CT molecular complexity index is 412. The van der Waals surface area contributed by atoms with Gasteiger partial charge >= 0.3 is 0 Å². The molecule has 3 nitrogen and oxygen atoms in total. The van der Waals surface area contributed by atoms with Gasteiger partial charge in [-0.3, -0.25) is 4.79 Å². The average molecular weight is 281 g/mol. The van der Waals surface area contributed by atoms with Gasteiger partial charge in [0.25, 0.3) is 5.91 Å². The van der Waals surface area contributed by atoms with E-state index in [0.29, 0.717) is 12.1 Å². The van der Waals surface area contributed by atoms with Crippen LogP contribution in [0.3, 0.4) is 0 Å². The lowest BCUT2D eigenvalue weighted by Gasteiger charge is -2.18. The number of benzene rings is 1. The van der Waals surface area contributed by atoms with Crippen molar-refractivity contribution >= 4 is 21.8 Å². The molecule has 0 spiro atoms. The molecule has 1 amide bonds. The van der Waals surface area contributed by atoms with Gasteiger partial charge in [0.15, 0.2) is 0 Å². The summed E-state index contributed by atoms with van der Waals surface area (Å²) in [5.41, 5.74) is 0.609. The van der Waals surface area contributed by atoms with E-state index in [1.807, 2.05) is 25.1 Å². The molecule has 0 bridgehead atoms. The van der Waals surface area contributed by atoms with Gasteiger partial charge in [0.05, 0.1) is 6.07 Å². The fraction of sp³-hybridized carbons (Fsp3) is 0.333. The molecule has 0 aliphatic rings. The number of halogens is 1. The Kier molecular flexibility index (Phi) is 5.00. The van der Waals surface area contributed by atoms with E-state index in [2.05, 4.69) is 15.9 Å². The van der Waals surface area contributed by atoms with Crippen molar-refractivity contribution in [2.75, 3.05) is 13.1 Å².